The van der Waals surface area contributed by atoms with Crippen molar-refractivity contribution in [3.8, 4) is 5.75 Å². The van der Waals surface area contributed by atoms with Gasteiger partial charge in [-0.2, -0.15) is 0 Å². The van der Waals surface area contributed by atoms with Crippen LogP contribution in [0.2, 0.25) is 0 Å². The van der Waals surface area contributed by atoms with Crippen LogP contribution in [0.5, 0.6) is 5.75 Å². The molecule has 4 N–H and O–H groups in total. The van der Waals surface area contributed by atoms with Crippen LogP contribution in [0.1, 0.15) is 35.3 Å². The Kier molecular flexibility index (Phi) is 8.08. The molecule has 0 bridgehead atoms. The Morgan fingerprint density at radius 2 is 1.68 bits per heavy atom. The first-order valence-corrected chi connectivity index (χ1v) is 12.8. The lowest BCUT2D eigenvalue weighted by atomic mass is 10.0. The highest BCUT2D eigenvalue weighted by molar-refractivity contribution is 6.01. The third kappa shape index (κ3) is 5.33. The topological polar surface area (TPSA) is 160 Å². The first-order valence-electron chi connectivity index (χ1n) is 12.8. The van der Waals surface area contributed by atoms with Crippen molar-refractivity contribution in [1.29, 1.82) is 0 Å². The maximum atomic E-state index is 13.4. The molecule has 2 atom stereocenters. The van der Waals surface area contributed by atoms with Crippen molar-refractivity contribution in [2.24, 2.45) is 0 Å². The summed E-state index contributed by atoms with van der Waals surface area (Å²) >= 11 is 0. The van der Waals surface area contributed by atoms with Crippen LogP contribution in [0.4, 0.5) is 21.9 Å². The fourth-order valence-electron chi connectivity index (χ4n) is 4.73. The number of nitrogens with one attached hydrogen (secondary N) is 2. The van der Waals surface area contributed by atoms with Crippen molar-refractivity contribution in [2.45, 2.75) is 25.4 Å². The molecule has 1 fully saturated rings. The van der Waals surface area contributed by atoms with Gasteiger partial charge >= 0.3 is 12.0 Å². The molecule has 3 amide bonds. The molecule has 3 aromatic rings. The Labute approximate surface area is 230 Å². The standard InChI is InChI=1S/C28H31N5O7/c1-4-18(16-9-6-5-7-10-16)29-21-22(25(36)24(21)35)30-19-12-8-11-17(23(19)34)26(37)33-14-13-32(28(40)31(2)3)15-20(33)27(38)39/h5-12,18,20,29-30,34H,4,13-15H2,1-3H3,(H,38,39)/t18-,20?/m1/s1. The summed E-state index contributed by atoms with van der Waals surface area (Å²) in [6.07, 6.45) is 0.635. The molecular formula is C28H31N5O7. The van der Waals surface area contributed by atoms with E-state index in [1.54, 1.807) is 14.1 Å². The maximum absolute atomic E-state index is 13.4. The van der Waals surface area contributed by atoms with Gasteiger partial charge in [0.2, 0.25) is 0 Å². The molecule has 4 rings (SSSR count). The molecule has 1 unspecified atom stereocenters. The van der Waals surface area contributed by atoms with Gasteiger partial charge in [0.1, 0.15) is 17.4 Å². The monoisotopic (exact) mass is 549 g/mol. The number of hydrogen-bond donors (Lipinski definition) is 4. The summed E-state index contributed by atoms with van der Waals surface area (Å²) in [5.41, 5.74) is -0.690. The number of carboxylic acids is 1. The maximum Gasteiger partial charge on any atom is 0.328 e. The van der Waals surface area contributed by atoms with Crippen LogP contribution in [0.15, 0.2) is 58.1 Å². The minimum absolute atomic E-state index is 0.00190. The van der Waals surface area contributed by atoms with Gasteiger partial charge in [-0.05, 0) is 24.1 Å². The van der Waals surface area contributed by atoms with Crippen molar-refractivity contribution < 1.29 is 24.6 Å². The minimum Gasteiger partial charge on any atom is -0.505 e. The molecule has 0 aliphatic carbocycles. The van der Waals surface area contributed by atoms with Crippen LogP contribution >= 0.6 is 0 Å². The largest absolute Gasteiger partial charge is 0.505 e. The number of amides is 3. The number of para-hydroxylation sites is 1. The van der Waals surface area contributed by atoms with E-state index in [0.29, 0.717) is 6.42 Å². The van der Waals surface area contributed by atoms with E-state index in [9.17, 15) is 34.2 Å². The molecule has 210 valence electrons. The summed E-state index contributed by atoms with van der Waals surface area (Å²) in [5.74, 6) is -2.54. The molecule has 1 aliphatic heterocycles. The van der Waals surface area contributed by atoms with Crippen molar-refractivity contribution in [2.75, 3.05) is 44.4 Å². The first kappa shape index (κ1) is 28.1. The number of carbonyl (C=O) groups excluding carboxylic acids is 2. The Morgan fingerprint density at radius 1 is 1.00 bits per heavy atom. The van der Waals surface area contributed by atoms with E-state index in [0.717, 1.165) is 10.5 Å². The van der Waals surface area contributed by atoms with Crippen molar-refractivity contribution in [1.82, 2.24) is 14.7 Å². The smallest absolute Gasteiger partial charge is 0.328 e. The van der Waals surface area contributed by atoms with Gasteiger partial charge in [0, 0.05) is 27.2 Å². The third-order valence-electron chi connectivity index (χ3n) is 6.94. The molecule has 1 saturated heterocycles. The number of carboxylic acid groups (broad SMARTS) is 1. The number of phenols is 1. The van der Waals surface area contributed by atoms with Gasteiger partial charge in [0.05, 0.1) is 23.8 Å². The minimum atomic E-state index is -1.32. The van der Waals surface area contributed by atoms with Crippen LogP contribution in [0.25, 0.3) is 0 Å². The van der Waals surface area contributed by atoms with E-state index in [4.69, 9.17) is 0 Å². The van der Waals surface area contributed by atoms with E-state index in [1.807, 2.05) is 37.3 Å². The average Bonchev–Trinajstić information content (AvgIpc) is 2.96. The highest BCUT2D eigenvalue weighted by Crippen LogP contribution is 2.34. The SMILES string of the molecule is CC[C@@H](Nc1c(Nc2cccc(C(=O)N3CCN(C(=O)N(C)C)CC3C(=O)O)c2O)c(=O)c1=O)c1ccccc1. The average molecular weight is 550 g/mol. The number of aliphatic carboxylic acids is 1. The highest BCUT2D eigenvalue weighted by atomic mass is 16.4. The number of aromatic hydroxyl groups is 1. The molecule has 12 nitrogen and oxygen atoms in total. The van der Waals surface area contributed by atoms with Crippen LogP contribution in [0.3, 0.4) is 0 Å². The Balaban J connectivity index is 1.57. The Morgan fingerprint density at radius 3 is 2.30 bits per heavy atom. The molecule has 1 aliphatic rings. The van der Waals surface area contributed by atoms with Crippen LogP contribution in [-0.2, 0) is 4.79 Å². The van der Waals surface area contributed by atoms with Crippen molar-refractivity contribution >= 4 is 35.0 Å². The predicted molar refractivity (Wildman–Crippen MR) is 149 cm³/mol. The number of nitrogens with zero attached hydrogens (tertiary/aromatic N) is 3. The number of carbonyl (C=O) groups is 3. The van der Waals surface area contributed by atoms with Gasteiger partial charge in [-0.15, -0.1) is 0 Å². The summed E-state index contributed by atoms with van der Waals surface area (Å²) in [5, 5.41) is 26.6. The van der Waals surface area contributed by atoms with Gasteiger partial charge in [0.25, 0.3) is 16.8 Å². The lowest BCUT2D eigenvalue weighted by Gasteiger charge is -2.40. The van der Waals surface area contributed by atoms with Gasteiger partial charge in [-0.3, -0.25) is 14.4 Å². The summed E-state index contributed by atoms with van der Waals surface area (Å²) in [7, 11) is 3.10. The molecule has 0 aromatic heterocycles. The third-order valence-corrected chi connectivity index (χ3v) is 6.94. The summed E-state index contributed by atoms with van der Waals surface area (Å²) < 4.78 is 0. The van der Waals surface area contributed by atoms with Gasteiger partial charge in [0.15, 0.2) is 5.75 Å². The number of hydrogen-bond acceptors (Lipinski definition) is 8. The summed E-state index contributed by atoms with van der Waals surface area (Å²) in [6, 6.07) is 11.7. The van der Waals surface area contributed by atoms with Gasteiger partial charge in [-0.1, -0.05) is 43.3 Å². The Hall–Kier alpha value is -4.87. The predicted octanol–water partition coefficient (Wildman–Crippen LogP) is 2.19. The number of anilines is 3. The second kappa shape index (κ2) is 11.5. The molecule has 3 aromatic carbocycles. The zero-order valence-electron chi connectivity index (χ0n) is 22.4. The number of rotatable bonds is 8. The van der Waals surface area contributed by atoms with E-state index in [1.165, 1.54) is 28.0 Å². The highest BCUT2D eigenvalue weighted by Gasteiger charge is 2.38. The van der Waals surface area contributed by atoms with E-state index in [-0.39, 0.29) is 54.3 Å². The molecule has 40 heavy (non-hydrogen) atoms. The lowest BCUT2D eigenvalue weighted by Crippen LogP contribution is -2.60. The summed E-state index contributed by atoms with van der Waals surface area (Å²) in [6.45, 7) is 1.78. The van der Waals surface area contributed by atoms with Crippen LogP contribution < -0.4 is 21.5 Å². The van der Waals surface area contributed by atoms with E-state index < -0.39 is 34.5 Å². The number of piperazine rings is 1. The normalized spacial score (nSPS) is 15.9. The van der Waals surface area contributed by atoms with Crippen molar-refractivity contribution in [3.05, 3.63) is 80.1 Å². The van der Waals surface area contributed by atoms with Gasteiger partial charge in [-0.25, -0.2) is 9.59 Å². The molecular weight excluding hydrogens is 518 g/mol. The second-order valence-electron chi connectivity index (χ2n) is 9.73. The van der Waals surface area contributed by atoms with E-state index >= 15 is 0 Å². The van der Waals surface area contributed by atoms with Crippen LogP contribution in [-0.4, -0.2) is 82.6 Å². The second-order valence-corrected chi connectivity index (χ2v) is 9.73. The fraction of sp³-hybridized carbons (Fsp3) is 0.321. The first-order chi connectivity index (χ1) is 19.0. The molecule has 0 radical (unpaired) electrons. The number of urea groups is 1. The number of phenolic OH excluding ortho intramolecular Hbond substituents is 1. The number of benzene rings is 2. The quantitative estimate of drug-likeness (QED) is 0.244. The summed E-state index contributed by atoms with van der Waals surface area (Å²) in [4.78, 5) is 66.4. The molecule has 1 heterocycles. The van der Waals surface area contributed by atoms with Crippen LogP contribution in [0, 0.1) is 0 Å². The molecule has 0 saturated carbocycles. The van der Waals surface area contributed by atoms with Gasteiger partial charge < -0.3 is 35.5 Å². The molecule has 0 spiro atoms. The zero-order chi connectivity index (χ0) is 29.1. The Bertz CT molecular complexity index is 1500. The lowest BCUT2D eigenvalue weighted by molar-refractivity contribution is -0.144. The molecule has 12 heteroatoms. The zero-order valence-corrected chi connectivity index (χ0v) is 22.4. The fourth-order valence-corrected chi connectivity index (χ4v) is 4.73. The van der Waals surface area contributed by atoms with Crippen molar-refractivity contribution in [3.63, 3.8) is 0 Å². The van der Waals surface area contributed by atoms with E-state index in [2.05, 4.69) is 10.6 Å².